The number of esters is 2. The van der Waals surface area contributed by atoms with Gasteiger partial charge in [0.05, 0.1) is 12.8 Å². The molecule has 0 aromatic heterocycles. The van der Waals surface area contributed by atoms with Gasteiger partial charge in [-0.25, -0.2) is 0 Å². The topological polar surface area (TPSA) is 190 Å². The van der Waals surface area contributed by atoms with Crippen LogP contribution in [0.5, 0.6) is 0 Å². The number of aliphatic imine (C=N–C) groups is 2. The predicted molar refractivity (Wildman–Crippen MR) is 339 cm³/mol. The van der Waals surface area contributed by atoms with Crippen LogP contribution < -0.4 is 11.1 Å². The van der Waals surface area contributed by atoms with E-state index in [1.54, 1.807) is 81.4 Å². The van der Waals surface area contributed by atoms with E-state index in [-0.39, 0.29) is 60.6 Å². The number of hydrogen-bond acceptors (Lipinski definition) is 11. The molecule has 2 fully saturated rings. The quantitative estimate of drug-likeness (QED) is 0.0861. The minimum atomic E-state index is -0.621. The third kappa shape index (κ3) is 19.2. The van der Waals surface area contributed by atoms with Gasteiger partial charge in [-0.05, 0) is 200 Å². The highest BCUT2D eigenvalue weighted by molar-refractivity contribution is 6.67. The molecule has 3 N–H and O–H groups in total. The van der Waals surface area contributed by atoms with Gasteiger partial charge in [-0.1, -0.05) is 98.4 Å². The molecule has 0 bridgehead atoms. The summed E-state index contributed by atoms with van der Waals surface area (Å²) in [6.45, 7) is 21.2. The lowest BCUT2D eigenvalue weighted by atomic mass is 9.76. The number of carbonyl (C=O) groups excluding carboxylic acids is 6. The van der Waals surface area contributed by atoms with Crippen molar-refractivity contribution in [1.29, 1.82) is 0 Å². The van der Waals surface area contributed by atoms with Crippen LogP contribution in [0.2, 0.25) is 20.1 Å². The lowest BCUT2D eigenvalue weighted by Crippen LogP contribution is -2.48. The fourth-order valence-electron chi connectivity index (χ4n) is 10.9. The maximum absolute atomic E-state index is 13.9. The average molecular weight is 1270 g/mol. The maximum Gasteiger partial charge on any atom is 0.308 e. The van der Waals surface area contributed by atoms with E-state index >= 15 is 0 Å². The molecule has 4 aromatic carbocycles. The summed E-state index contributed by atoms with van der Waals surface area (Å²) in [6.07, 6.45) is 7.65. The molecule has 456 valence electrons. The Labute approximate surface area is 526 Å². The van der Waals surface area contributed by atoms with Crippen LogP contribution in [0.4, 0.5) is 0 Å². The molecule has 2 saturated carbocycles. The van der Waals surface area contributed by atoms with E-state index in [2.05, 4.69) is 33.0 Å². The Hall–Kier alpha value is -5.06. The van der Waals surface area contributed by atoms with Gasteiger partial charge in [0.15, 0.2) is 0 Å². The molecule has 84 heavy (non-hydrogen) atoms. The lowest BCUT2D eigenvalue weighted by molar-refractivity contribution is -0.155. The Morgan fingerprint density at radius 3 is 1.26 bits per heavy atom. The Morgan fingerprint density at radius 1 is 0.595 bits per heavy atom. The van der Waals surface area contributed by atoms with Crippen molar-refractivity contribution < 1.29 is 38.2 Å². The molecule has 0 atom stereocenters. The van der Waals surface area contributed by atoms with Gasteiger partial charge in [0, 0.05) is 68.5 Å². The fraction of sp³-hybridized carbons (Fsp3) is 0.500. The van der Waals surface area contributed by atoms with Crippen molar-refractivity contribution in [3.63, 3.8) is 0 Å². The van der Waals surface area contributed by atoms with Crippen molar-refractivity contribution in [2.45, 2.75) is 169 Å². The van der Waals surface area contributed by atoms with Crippen molar-refractivity contribution in [3.8, 4) is 0 Å². The van der Waals surface area contributed by atoms with Gasteiger partial charge >= 0.3 is 11.9 Å². The molecule has 4 aliphatic rings. The van der Waals surface area contributed by atoms with E-state index in [9.17, 15) is 28.8 Å². The normalized spacial score (nSPS) is 20.4. The second-order valence-electron chi connectivity index (χ2n) is 24.5. The van der Waals surface area contributed by atoms with Gasteiger partial charge < -0.3 is 30.3 Å². The Balaban J connectivity index is 0.000000267. The molecule has 20 heteroatoms. The molecule has 0 unspecified atom stereocenters. The van der Waals surface area contributed by atoms with E-state index < -0.39 is 22.2 Å². The number of amides is 3. The summed E-state index contributed by atoms with van der Waals surface area (Å²) < 4.78 is 10.2. The smallest absolute Gasteiger partial charge is 0.308 e. The summed E-state index contributed by atoms with van der Waals surface area (Å²) in [7, 11) is 0. The highest BCUT2D eigenvalue weighted by Gasteiger charge is 2.51. The van der Waals surface area contributed by atoms with Gasteiger partial charge in [-0.3, -0.25) is 38.8 Å². The average Bonchev–Trinajstić information content (AvgIpc) is 2.61. The Kier molecular flexibility index (Phi) is 24.9. The third-order valence-electron chi connectivity index (χ3n) is 15.2. The first-order valence-electron chi connectivity index (χ1n) is 28.5. The first-order valence-corrected chi connectivity index (χ1v) is 30.4. The second kappa shape index (κ2) is 30.0. The van der Waals surface area contributed by atoms with Crippen LogP contribution in [0.1, 0.15) is 176 Å². The second-order valence-corrected chi connectivity index (χ2v) is 26.6. The molecule has 0 radical (unpaired) electrons. The first kappa shape index (κ1) is 69.7. The van der Waals surface area contributed by atoms with Crippen molar-refractivity contribution in [2.24, 2.45) is 39.4 Å². The van der Waals surface area contributed by atoms with Crippen LogP contribution in [0.25, 0.3) is 0 Å². The van der Waals surface area contributed by atoms with Gasteiger partial charge in [0.1, 0.15) is 34.0 Å². The monoisotopic (exact) mass is 1270 g/mol. The predicted octanol–water partition coefficient (Wildman–Crippen LogP) is 14.7. The number of ether oxygens (including phenoxy) is 2. The molecular weight excluding hydrogens is 1190 g/mol. The Bertz CT molecular complexity index is 3010. The van der Waals surface area contributed by atoms with E-state index in [0.29, 0.717) is 103 Å². The van der Waals surface area contributed by atoms with E-state index in [1.165, 1.54) is 0 Å². The summed E-state index contributed by atoms with van der Waals surface area (Å²) in [6, 6.07) is 24.5. The highest BCUT2D eigenvalue weighted by Crippen LogP contribution is 2.46. The fourth-order valence-corrected chi connectivity index (χ4v) is 12.1. The zero-order valence-electron chi connectivity index (χ0n) is 49.7. The van der Waals surface area contributed by atoms with Crippen molar-refractivity contribution in [2.75, 3.05) is 13.1 Å². The highest BCUT2D eigenvalue weighted by atomic mass is 35.5. The SMILES string of the molecule is CC(C)(C)OC(=O)CCN.CC(C)C1CCC2(CC1)N=C(c1cc(Cl)cc(Cl)c1)C(=O)N2Cc1ccc(C(=O)Cl)cc1.CC(C)C1CCC2(CC1)N=C(c1cc(Cl)cc(Cl)c1)C(=O)N2Cc1ccc(C(=O)NCCC(=O)OC(C)(C)C)cc1.Cl. The number of nitrogens with one attached hydrogen (secondary N) is 1. The largest absolute Gasteiger partial charge is 0.460 e. The number of rotatable bonds is 15. The number of benzene rings is 4. The number of nitrogens with zero attached hydrogens (tertiary/aromatic N) is 4. The van der Waals surface area contributed by atoms with Gasteiger partial charge in [-0.15, -0.1) is 12.4 Å². The minimum absolute atomic E-state index is 0. The van der Waals surface area contributed by atoms with Gasteiger partial charge in [-0.2, -0.15) is 0 Å². The van der Waals surface area contributed by atoms with Gasteiger partial charge in [0.25, 0.3) is 23.0 Å². The van der Waals surface area contributed by atoms with Crippen molar-refractivity contribution >= 4 is 117 Å². The summed E-state index contributed by atoms with van der Waals surface area (Å²) in [5, 5.41) is 4.12. The third-order valence-corrected chi connectivity index (χ3v) is 16.3. The zero-order valence-corrected chi connectivity index (χ0v) is 54.3. The van der Waals surface area contributed by atoms with Gasteiger partial charge in [0.2, 0.25) is 0 Å². The van der Waals surface area contributed by atoms with Crippen LogP contribution in [-0.4, -0.2) is 91.7 Å². The number of hydrogen-bond donors (Lipinski definition) is 2. The number of halogens is 6. The van der Waals surface area contributed by atoms with Crippen LogP contribution in [-0.2, 0) is 41.7 Å². The van der Waals surface area contributed by atoms with Crippen LogP contribution in [0.15, 0.2) is 94.9 Å². The molecule has 4 aromatic rings. The number of nitrogens with two attached hydrogens (primary N) is 1. The molecule has 3 amide bonds. The van der Waals surface area contributed by atoms with Crippen LogP contribution >= 0.6 is 70.4 Å². The summed E-state index contributed by atoms with van der Waals surface area (Å²) in [5.74, 6) is 1.29. The molecular formula is C64H80Cl6N6O8. The molecule has 2 spiro atoms. The van der Waals surface area contributed by atoms with Crippen LogP contribution in [0.3, 0.4) is 0 Å². The van der Waals surface area contributed by atoms with Crippen molar-refractivity contribution in [1.82, 2.24) is 15.1 Å². The molecule has 14 nitrogen and oxygen atoms in total. The van der Waals surface area contributed by atoms with Crippen LogP contribution in [0, 0.1) is 23.7 Å². The maximum atomic E-state index is 13.9. The molecule has 2 aliphatic heterocycles. The Morgan fingerprint density at radius 2 is 0.940 bits per heavy atom. The molecule has 8 rings (SSSR count). The molecule has 2 aliphatic carbocycles. The number of carbonyl (C=O) groups is 6. The first-order chi connectivity index (χ1) is 38.9. The van der Waals surface area contributed by atoms with E-state index in [1.807, 2.05) is 54.8 Å². The standard InChI is InChI=1S/C32H39Cl2N3O4.C25H25Cl3N2O2.C7H15NO2.ClH/c1-20(2)22-10-13-32(14-11-22)36-28(24-16-25(33)18-26(34)17-24)30(40)37(32)19-21-6-8-23(9-7-21)29(39)35-15-12-27(38)41-31(3,4)5;1-15(2)17-7-9-25(10-8-17)29-22(19-11-20(26)13-21(27)12-19)24(32)30(25)14-16-3-5-18(6-4-16)23(28)31;1-7(2,3)10-6(9)4-5-8;/h6-9,16-18,20,22H,10-15,19H2,1-5H3,(H,35,39);3-6,11-13,15,17H,7-10,14H2,1-2H3;4-5,8H2,1-3H3;1H. The van der Waals surface area contributed by atoms with E-state index in [0.717, 1.165) is 62.5 Å². The van der Waals surface area contributed by atoms with E-state index in [4.69, 9.17) is 83.2 Å². The lowest BCUT2D eigenvalue weighted by Gasteiger charge is -2.42. The molecule has 2 heterocycles. The summed E-state index contributed by atoms with van der Waals surface area (Å²) in [4.78, 5) is 88.1. The zero-order chi connectivity index (χ0) is 61.2. The minimum Gasteiger partial charge on any atom is -0.460 e. The molecule has 0 saturated heterocycles. The summed E-state index contributed by atoms with van der Waals surface area (Å²) in [5.41, 5.74) is 7.79. The summed E-state index contributed by atoms with van der Waals surface area (Å²) >= 11 is 30.5. The van der Waals surface area contributed by atoms with Crippen molar-refractivity contribution in [3.05, 3.63) is 138 Å².